The summed E-state index contributed by atoms with van der Waals surface area (Å²) in [6.45, 7) is 0. The van der Waals surface area contributed by atoms with Gasteiger partial charge in [0.1, 0.15) is 0 Å². The van der Waals surface area contributed by atoms with E-state index < -0.39 is 0 Å². The second-order valence-electron chi connectivity index (χ2n) is 3.30. The number of hydrogen-bond donors (Lipinski definition) is 0. The number of methoxy groups -OCH3 is 2. The molecule has 1 aromatic rings. The third-order valence-electron chi connectivity index (χ3n) is 1.94. The maximum Gasteiger partial charge on any atom is 0.175 e. The van der Waals surface area contributed by atoms with E-state index in [1.165, 1.54) is 0 Å². The Bertz CT molecular complexity index is 392. The van der Waals surface area contributed by atoms with Gasteiger partial charge in [0.25, 0.3) is 0 Å². The van der Waals surface area contributed by atoms with Gasteiger partial charge >= 0.3 is 0 Å². The molecule has 16 heavy (non-hydrogen) atoms. The summed E-state index contributed by atoms with van der Waals surface area (Å²) in [7, 11) is 6.95. The third-order valence-corrected chi connectivity index (χ3v) is 2.76. The SMILES string of the molecule is COc1ccc(/C=N/N(C)C)c(Br)c1OC. The maximum absolute atomic E-state index is 5.27. The molecule has 0 unspecified atom stereocenters. The van der Waals surface area contributed by atoms with Gasteiger partial charge in [-0.05, 0) is 28.1 Å². The van der Waals surface area contributed by atoms with Gasteiger partial charge in [-0.2, -0.15) is 5.10 Å². The van der Waals surface area contributed by atoms with Crippen LogP contribution in [0.1, 0.15) is 5.56 Å². The first kappa shape index (κ1) is 12.8. The van der Waals surface area contributed by atoms with Crippen LogP contribution < -0.4 is 9.47 Å². The molecule has 0 aromatic heterocycles. The minimum atomic E-state index is 0.671. The van der Waals surface area contributed by atoms with Crippen molar-refractivity contribution in [3.8, 4) is 11.5 Å². The van der Waals surface area contributed by atoms with E-state index in [1.807, 2.05) is 26.2 Å². The molecule has 0 radical (unpaired) electrons. The molecule has 0 saturated carbocycles. The number of hydrogen-bond acceptors (Lipinski definition) is 4. The van der Waals surface area contributed by atoms with Crippen LogP contribution in [0.2, 0.25) is 0 Å². The lowest BCUT2D eigenvalue weighted by Gasteiger charge is -2.11. The van der Waals surface area contributed by atoms with E-state index in [9.17, 15) is 0 Å². The molecule has 0 spiro atoms. The van der Waals surface area contributed by atoms with Crippen molar-refractivity contribution in [2.24, 2.45) is 5.10 Å². The Morgan fingerprint density at radius 1 is 1.25 bits per heavy atom. The van der Waals surface area contributed by atoms with Crippen LogP contribution in [0.5, 0.6) is 11.5 Å². The van der Waals surface area contributed by atoms with Crippen molar-refractivity contribution in [1.82, 2.24) is 5.01 Å². The lowest BCUT2D eigenvalue weighted by molar-refractivity contribution is 0.353. The summed E-state index contributed by atoms with van der Waals surface area (Å²) in [6.07, 6.45) is 1.76. The van der Waals surface area contributed by atoms with Crippen LogP contribution >= 0.6 is 15.9 Å². The summed E-state index contributed by atoms with van der Waals surface area (Å²) in [5, 5.41) is 5.89. The Balaban J connectivity index is 3.14. The van der Waals surface area contributed by atoms with E-state index in [0.717, 1.165) is 10.0 Å². The lowest BCUT2D eigenvalue weighted by atomic mass is 10.2. The average molecular weight is 287 g/mol. The van der Waals surface area contributed by atoms with Crippen LogP contribution in [0, 0.1) is 0 Å². The smallest absolute Gasteiger partial charge is 0.175 e. The van der Waals surface area contributed by atoms with Gasteiger partial charge < -0.3 is 14.5 Å². The molecule has 0 aliphatic rings. The lowest BCUT2D eigenvalue weighted by Crippen LogP contribution is -2.02. The first-order valence-corrected chi connectivity index (χ1v) is 5.51. The van der Waals surface area contributed by atoms with Gasteiger partial charge in [-0.1, -0.05) is 0 Å². The Morgan fingerprint density at radius 2 is 1.94 bits per heavy atom. The number of benzene rings is 1. The summed E-state index contributed by atoms with van der Waals surface area (Å²) >= 11 is 3.47. The number of hydrazone groups is 1. The minimum absolute atomic E-state index is 0.671. The highest BCUT2D eigenvalue weighted by Crippen LogP contribution is 2.36. The molecular weight excluding hydrogens is 272 g/mol. The minimum Gasteiger partial charge on any atom is -0.493 e. The van der Waals surface area contributed by atoms with Crippen molar-refractivity contribution in [2.75, 3.05) is 28.3 Å². The highest BCUT2D eigenvalue weighted by molar-refractivity contribution is 9.10. The topological polar surface area (TPSA) is 34.1 Å². The van der Waals surface area contributed by atoms with E-state index in [2.05, 4.69) is 21.0 Å². The monoisotopic (exact) mass is 286 g/mol. The predicted molar refractivity (Wildman–Crippen MR) is 68.5 cm³/mol. The second-order valence-corrected chi connectivity index (χ2v) is 4.09. The Morgan fingerprint density at radius 3 is 2.44 bits per heavy atom. The molecule has 5 heteroatoms. The Labute approximate surface area is 104 Å². The molecule has 0 heterocycles. The zero-order valence-electron chi connectivity index (χ0n) is 9.82. The summed E-state index contributed by atoms with van der Waals surface area (Å²) in [5.74, 6) is 1.36. The molecule has 0 amide bonds. The summed E-state index contributed by atoms with van der Waals surface area (Å²) < 4.78 is 11.3. The maximum atomic E-state index is 5.27. The van der Waals surface area contributed by atoms with Gasteiger partial charge in [0, 0.05) is 19.7 Å². The van der Waals surface area contributed by atoms with E-state index in [0.29, 0.717) is 11.5 Å². The number of nitrogens with zero attached hydrogens (tertiary/aromatic N) is 2. The molecule has 0 saturated heterocycles. The number of rotatable bonds is 4. The molecule has 88 valence electrons. The van der Waals surface area contributed by atoms with Gasteiger partial charge in [0.15, 0.2) is 11.5 Å². The Hall–Kier alpha value is -1.23. The van der Waals surface area contributed by atoms with E-state index in [1.54, 1.807) is 25.4 Å². The number of ether oxygens (including phenoxy) is 2. The summed E-state index contributed by atoms with van der Waals surface area (Å²) in [5.41, 5.74) is 0.936. The van der Waals surface area contributed by atoms with Crippen molar-refractivity contribution in [3.05, 3.63) is 22.2 Å². The van der Waals surface area contributed by atoms with Gasteiger partial charge in [-0.15, -0.1) is 0 Å². The van der Waals surface area contributed by atoms with Gasteiger partial charge in [-0.25, -0.2) is 0 Å². The summed E-state index contributed by atoms with van der Waals surface area (Å²) in [6, 6.07) is 3.76. The molecule has 0 fully saturated rings. The van der Waals surface area contributed by atoms with Crippen LogP contribution in [-0.2, 0) is 0 Å². The number of halogens is 1. The van der Waals surface area contributed by atoms with Crippen molar-refractivity contribution in [2.45, 2.75) is 0 Å². The summed E-state index contributed by atoms with van der Waals surface area (Å²) in [4.78, 5) is 0. The van der Waals surface area contributed by atoms with Crippen LogP contribution in [0.15, 0.2) is 21.7 Å². The van der Waals surface area contributed by atoms with E-state index >= 15 is 0 Å². The van der Waals surface area contributed by atoms with Crippen molar-refractivity contribution >= 4 is 22.1 Å². The van der Waals surface area contributed by atoms with Crippen molar-refractivity contribution in [1.29, 1.82) is 0 Å². The fourth-order valence-electron chi connectivity index (χ4n) is 1.18. The molecule has 0 N–H and O–H groups in total. The predicted octanol–water partition coefficient (Wildman–Crippen LogP) is 2.36. The molecule has 0 atom stereocenters. The second kappa shape index (κ2) is 5.75. The third kappa shape index (κ3) is 2.88. The highest BCUT2D eigenvalue weighted by Gasteiger charge is 2.11. The van der Waals surface area contributed by atoms with Crippen LogP contribution in [0.3, 0.4) is 0 Å². The molecule has 1 aromatic carbocycles. The average Bonchev–Trinajstić information content (AvgIpc) is 2.26. The molecule has 4 nitrogen and oxygen atoms in total. The standard InChI is InChI=1S/C11H15BrN2O2/c1-14(2)13-7-8-5-6-9(15-3)11(16-4)10(8)12/h5-7H,1-4H3/b13-7+. The normalized spacial score (nSPS) is 10.6. The first-order valence-electron chi connectivity index (χ1n) is 4.72. The molecular formula is C11H15BrN2O2. The molecule has 0 bridgehead atoms. The Kier molecular flexibility index (Phi) is 4.61. The van der Waals surface area contributed by atoms with Crippen LogP contribution in [0.25, 0.3) is 0 Å². The first-order chi connectivity index (χ1) is 7.60. The molecule has 0 aliphatic carbocycles. The van der Waals surface area contributed by atoms with Crippen LogP contribution in [-0.4, -0.2) is 39.5 Å². The molecule has 1 rings (SSSR count). The van der Waals surface area contributed by atoms with Crippen LogP contribution in [0.4, 0.5) is 0 Å². The van der Waals surface area contributed by atoms with Crippen molar-refractivity contribution < 1.29 is 9.47 Å². The fraction of sp³-hybridized carbons (Fsp3) is 0.364. The zero-order valence-corrected chi connectivity index (χ0v) is 11.4. The van der Waals surface area contributed by atoms with Gasteiger partial charge in [0.2, 0.25) is 0 Å². The fourth-order valence-corrected chi connectivity index (χ4v) is 1.77. The quantitative estimate of drug-likeness (QED) is 0.630. The van der Waals surface area contributed by atoms with E-state index in [-0.39, 0.29) is 0 Å². The van der Waals surface area contributed by atoms with Gasteiger partial charge in [-0.3, -0.25) is 0 Å². The highest BCUT2D eigenvalue weighted by atomic mass is 79.9. The van der Waals surface area contributed by atoms with E-state index in [4.69, 9.17) is 9.47 Å². The molecule has 0 aliphatic heterocycles. The zero-order chi connectivity index (χ0) is 12.1. The van der Waals surface area contributed by atoms with Crippen molar-refractivity contribution in [3.63, 3.8) is 0 Å². The largest absolute Gasteiger partial charge is 0.493 e. The van der Waals surface area contributed by atoms with Gasteiger partial charge in [0.05, 0.1) is 24.9 Å².